The summed E-state index contributed by atoms with van der Waals surface area (Å²) in [6, 6.07) is 6.17. The number of esters is 1. The first-order valence-corrected chi connectivity index (χ1v) is 5.77. The van der Waals surface area contributed by atoms with Gasteiger partial charge >= 0.3 is 5.97 Å². The van der Waals surface area contributed by atoms with Gasteiger partial charge in [0.15, 0.2) is 0 Å². The molecule has 2 rings (SSSR count). The molecule has 3 heteroatoms. The maximum Gasteiger partial charge on any atom is 0.306 e. The molecule has 3 nitrogen and oxygen atoms in total. The molecule has 17 heavy (non-hydrogen) atoms. The van der Waals surface area contributed by atoms with Gasteiger partial charge in [0.05, 0.1) is 13.5 Å². The van der Waals surface area contributed by atoms with Crippen LogP contribution >= 0.6 is 0 Å². The quantitative estimate of drug-likeness (QED) is 0.824. The second kappa shape index (κ2) is 4.62. The molecule has 90 valence electrons. The van der Waals surface area contributed by atoms with E-state index < -0.39 is 0 Å². The summed E-state index contributed by atoms with van der Waals surface area (Å²) in [5, 5.41) is 1.23. The molecule has 0 aliphatic heterocycles. The van der Waals surface area contributed by atoms with Crippen molar-refractivity contribution in [1.29, 1.82) is 0 Å². The Balaban J connectivity index is 2.38. The topological polar surface area (TPSA) is 42.1 Å². The summed E-state index contributed by atoms with van der Waals surface area (Å²) in [5.74, 6) is -0.00210. The largest absolute Gasteiger partial charge is 0.469 e. The Hall–Kier alpha value is -1.77. The third kappa shape index (κ3) is 2.18. The summed E-state index contributed by atoms with van der Waals surface area (Å²) in [7, 11) is 1.43. The molecule has 2 aromatic rings. The second-order valence-corrected chi connectivity index (χ2v) is 4.42. The van der Waals surface area contributed by atoms with Crippen molar-refractivity contribution in [2.24, 2.45) is 0 Å². The fourth-order valence-corrected chi connectivity index (χ4v) is 2.23. The number of methoxy groups -OCH3 is 1. The van der Waals surface area contributed by atoms with Gasteiger partial charge in [-0.05, 0) is 30.0 Å². The van der Waals surface area contributed by atoms with Gasteiger partial charge in [-0.2, -0.15) is 0 Å². The molecule has 1 N–H and O–H groups in total. The van der Waals surface area contributed by atoms with Gasteiger partial charge in [0.25, 0.3) is 0 Å². The van der Waals surface area contributed by atoms with Crippen LogP contribution in [0.25, 0.3) is 10.9 Å². The van der Waals surface area contributed by atoms with Crippen LogP contribution in [-0.2, 0) is 9.53 Å². The zero-order valence-electron chi connectivity index (χ0n) is 10.4. The molecule has 0 aliphatic carbocycles. The lowest BCUT2D eigenvalue weighted by Gasteiger charge is -2.10. The number of nitrogens with one attached hydrogen (secondary N) is 1. The molecule has 1 atom stereocenters. The number of fused-ring (bicyclic) bond motifs is 1. The van der Waals surface area contributed by atoms with E-state index in [1.807, 2.05) is 19.2 Å². The minimum atomic E-state index is -0.166. The maximum atomic E-state index is 11.3. The lowest BCUT2D eigenvalue weighted by atomic mass is 9.95. The van der Waals surface area contributed by atoms with Gasteiger partial charge in [-0.3, -0.25) is 4.79 Å². The molecule has 0 aliphatic rings. The summed E-state index contributed by atoms with van der Waals surface area (Å²) < 4.78 is 4.71. The van der Waals surface area contributed by atoms with Crippen molar-refractivity contribution >= 4 is 16.9 Å². The predicted molar refractivity (Wildman–Crippen MR) is 68.1 cm³/mol. The van der Waals surface area contributed by atoms with Crippen molar-refractivity contribution in [2.45, 2.75) is 26.2 Å². The average Bonchev–Trinajstić information content (AvgIpc) is 2.74. The Morgan fingerprint density at radius 2 is 2.24 bits per heavy atom. The van der Waals surface area contributed by atoms with Gasteiger partial charge in [0.1, 0.15) is 0 Å². The smallest absolute Gasteiger partial charge is 0.306 e. The summed E-state index contributed by atoms with van der Waals surface area (Å²) in [6.07, 6.45) is 2.41. The third-order valence-electron chi connectivity index (χ3n) is 3.18. The number of benzene rings is 1. The van der Waals surface area contributed by atoms with E-state index >= 15 is 0 Å². The normalized spacial score (nSPS) is 12.6. The van der Waals surface area contributed by atoms with Crippen molar-refractivity contribution in [3.8, 4) is 0 Å². The van der Waals surface area contributed by atoms with E-state index in [-0.39, 0.29) is 11.9 Å². The molecule has 0 amide bonds. The van der Waals surface area contributed by atoms with E-state index in [1.165, 1.54) is 23.6 Å². The van der Waals surface area contributed by atoms with Gasteiger partial charge in [-0.1, -0.05) is 19.1 Å². The Labute approximate surface area is 101 Å². The van der Waals surface area contributed by atoms with Crippen LogP contribution in [-0.4, -0.2) is 18.1 Å². The molecule has 0 saturated carbocycles. The third-order valence-corrected chi connectivity index (χ3v) is 3.18. The number of H-pyrrole nitrogens is 1. The highest BCUT2D eigenvalue weighted by atomic mass is 16.5. The number of hydrogen-bond acceptors (Lipinski definition) is 2. The van der Waals surface area contributed by atoms with E-state index in [2.05, 4.69) is 24.0 Å². The predicted octanol–water partition coefficient (Wildman–Crippen LogP) is 3.14. The molecule has 0 spiro atoms. The number of aryl methyl sites for hydroxylation is 1. The zero-order valence-corrected chi connectivity index (χ0v) is 10.4. The first-order chi connectivity index (χ1) is 8.13. The fourth-order valence-electron chi connectivity index (χ4n) is 2.23. The van der Waals surface area contributed by atoms with Gasteiger partial charge in [-0.15, -0.1) is 0 Å². The number of hydrogen-bond donors (Lipinski definition) is 1. The highest BCUT2D eigenvalue weighted by Gasteiger charge is 2.16. The number of ether oxygens (including phenoxy) is 1. The maximum absolute atomic E-state index is 11.3. The van der Waals surface area contributed by atoms with E-state index in [0.29, 0.717) is 6.42 Å². The first-order valence-electron chi connectivity index (χ1n) is 5.77. The summed E-state index contributed by atoms with van der Waals surface area (Å²) >= 11 is 0. The highest BCUT2D eigenvalue weighted by molar-refractivity contribution is 5.87. The van der Waals surface area contributed by atoms with Gasteiger partial charge in [0.2, 0.25) is 0 Å². The lowest BCUT2D eigenvalue weighted by molar-refractivity contribution is -0.140. The van der Waals surface area contributed by atoms with Crippen molar-refractivity contribution < 1.29 is 9.53 Å². The number of rotatable bonds is 3. The van der Waals surface area contributed by atoms with Gasteiger partial charge in [0, 0.05) is 17.1 Å². The van der Waals surface area contributed by atoms with Crippen LogP contribution in [0.15, 0.2) is 24.4 Å². The fraction of sp³-hybridized carbons (Fsp3) is 0.357. The van der Waals surface area contributed by atoms with Gasteiger partial charge < -0.3 is 9.72 Å². The minimum Gasteiger partial charge on any atom is -0.469 e. The first kappa shape index (κ1) is 11.7. The molecule has 0 saturated heterocycles. The van der Waals surface area contributed by atoms with Crippen LogP contribution in [0.4, 0.5) is 0 Å². The van der Waals surface area contributed by atoms with Crippen molar-refractivity contribution in [3.63, 3.8) is 0 Å². The standard InChI is InChI=1S/C14H17NO2/c1-9-5-4-6-12-14(9)11(8-15-12)10(2)7-13(16)17-3/h4-6,8,10,15H,7H2,1-3H3/t10-/m0/s1. The van der Waals surface area contributed by atoms with E-state index in [1.54, 1.807) is 0 Å². The highest BCUT2D eigenvalue weighted by Crippen LogP contribution is 2.29. The van der Waals surface area contributed by atoms with Crippen molar-refractivity contribution in [1.82, 2.24) is 4.98 Å². The van der Waals surface area contributed by atoms with Crippen LogP contribution < -0.4 is 0 Å². The molecule has 0 fully saturated rings. The SMILES string of the molecule is COC(=O)C[C@H](C)c1c[nH]c2cccc(C)c12. The lowest BCUT2D eigenvalue weighted by Crippen LogP contribution is -2.05. The van der Waals surface area contributed by atoms with Crippen LogP contribution in [0, 0.1) is 6.92 Å². The molecule has 0 radical (unpaired) electrons. The monoisotopic (exact) mass is 231 g/mol. The Bertz CT molecular complexity index is 542. The van der Waals surface area contributed by atoms with Crippen molar-refractivity contribution in [2.75, 3.05) is 7.11 Å². The molecular weight excluding hydrogens is 214 g/mol. The average molecular weight is 231 g/mol. The van der Waals surface area contributed by atoms with E-state index in [9.17, 15) is 4.79 Å². The Morgan fingerprint density at radius 1 is 1.47 bits per heavy atom. The van der Waals surface area contributed by atoms with E-state index in [4.69, 9.17) is 4.74 Å². The Morgan fingerprint density at radius 3 is 2.94 bits per heavy atom. The molecule has 1 aromatic heterocycles. The number of aromatic nitrogens is 1. The number of aromatic amines is 1. The summed E-state index contributed by atoms with van der Waals surface area (Å²) in [5.41, 5.74) is 3.54. The minimum absolute atomic E-state index is 0.164. The molecular formula is C14H17NO2. The Kier molecular flexibility index (Phi) is 3.18. The zero-order chi connectivity index (χ0) is 12.4. The van der Waals surface area contributed by atoms with Crippen molar-refractivity contribution in [3.05, 3.63) is 35.5 Å². The van der Waals surface area contributed by atoms with Crippen LogP contribution in [0.5, 0.6) is 0 Å². The van der Waals surface area contributed by atoms with E-state index in [0.717, 1.165) is 5.52 Å². The molecule has 0 unspecified atom stereocenters. The van der Waals surface area contributed by atoms with Gasteiger partial charge in [-0.25, -0.2) is 0 Å². The molecule has 1 heterocycles. The van der Waals surface area contributed by atoms with Crippen LogP contribution in [0.3, 0.4) is 0 Å². The molecule has 1 aromatic carbocycles. The number of carbonyl (C=O) groups is 1. The summed E-state index contributed by atoms with van der Waals surface area (Å²) in [6.45, 7) is 4.14. The van der Waals surface area contributed by atoms with Crippen LogP contribution in [0.1, 0.15) is 30.4 Å². The number of carbonyl (C=O) groups excluding carboxylic acids is 1. The second-order valence-electron chi connectivity index (χ2n) is 4.42. The molecule has 0 bridgehead atoms. The summed E-state index contributed by atoms with van der Waals surface area (Å²) in [4.78, 5) is 14.6. The van der Waals surface area contributed by atoms with Crippen LogP contribution in [0.2, 0.25) is 0 Å².